The number of hydrogen-bond acceptors (Lipinski definition) is 2. The van der Waals surface area contributed by atoms with Crippen molar-refractivity contribution in [2.75, 3.05) is 7.11 Å². The molecule has 1 aromatic carbocycles. The van der Waals surface area contributed by atoms with Gasteiger partial charge < -0.3 is 9.84 Å². The lowest BCUT2D eigenvalue weighted by molar-refractivity contribution is -0.193. The van der Waals surface area contributed by atoms with E-state index < -0.39 is 24.5 Å². The summed E-state index contributed by atoms with van der Waals surface area (Å²) in [7, 11) is 1.44. The Hall–Kier alpha value is -1.72. The zero-order chi connectivity index (χ0) is 13.1. The summed E-state index contributed by atoms with van der Waals surface area (Å²) in [4.78, 5) is 10.5. The molecule has 0 fully saturated rings. The van der Waals surface area contributed by atoms with E-state index >= 15 is 0 Å². The molecule has 6 heteroatoms. The smallest absolute Gasteiger partial charge is 0.402 e. The van der Waals surface area contributed by atoms with Crippen molar-refractivity contribution in [2.45, 2.75) is 12.6 Å². The van der Waals surface area contributed by atoms with Gasteiger partial charge >= 0.3 is 12.1 Å². The molecule has 0 aliphatic heterocycles. The van der Waals surface area contributed by atoms with E-state index in [1.165, 1.54) is 31.4 Å². The van der Waals surface area contributed by atoms with E-state index in [2.05, 4.69) is 0 Å². The second kappa shape index (κ2) is 5.07. The van der Waals surface area contributed by atoms with Crippen molar-refractivity contribution >= 4 is 5.97 Å². The van der Waals surface area contributed by atoms with Crippen LogP contribution in [-0.4, -0.2) is 24.4 Å². The molecule has 94 valence electrons. The highest BCUT2D eigenvalue weighted by Gasteiger charge is 2.44. The van der Waals surface area contributed by atoms with E-state index in [0.717, 1.165) is 0 Å². The number of carboxylic acid groups (broad SMARTS) is 1. The van der Waals surface area contributed by atoms with Crippen molar-refractivity contribution in [2.24, 2.45) is 5.92 Å². The zero-order valence-corrected chi connectivity index (χ0v) is 8.99. The number of aliphatic carboxylic acids is 1. The maximum absolute atomic E-state index is 12.4. The lowest BCUT2D eigenvalue weighted by Crippen LogP contribution is -2.32. The molecule has 0 heterocycles. The second-order valence-electron chi connectivity index (χ2n) is 3.48. The van der Waals surface area contributed by atoms with E-state index in [1.807, 2.05) is 0 Å². The molecule has 1 aromatic rings. The average Bonchev–Trinajstić information content (AvgIpc) is 2.24. The van der Waals surface area contributed by atoms with Crippen molar-refractivity contribution in [3.63, 3.8) is 0 Å². The first-order valence-electron chi connectivity index (χ1n) is 4.77. The van der Waals surface area contributed by atoms with Crippen LogP contribution in [0.1, 0.15) is 5.56 Å². The van der Waals surface area contributed by atoms with Crippen LogP contribution in [0.15, 0.2) is 24.3 Å². The average molecular weight is 248 g/mol. The van der Waals surface area contributed by atoms with Gasteiger partial charge in [0, 0.05) is 0 Å². The highest BCUT2D eigenvalue weighted by atomic mass is 19.4. The van der Waals surface area contributed by atoms with E-state index in [0.29, 0.717) is 11.3 Å². The molecule has 0 bridgehead atoms. The molecule has 0 saturated heterocycles. The Morgan fingerprint density at radius 3 is 2.24 bits per heavy atom. The van der Waals surface area contributed by atoms with Gasteiger partial charge in [0.25, 0.3) is 0 Å². The molecular formula is C11H11F3O3. The maximum atomic E-state index is 12.4. The molecule has 1 rings (SSSR count). The Bertz CT molecular complexity index is 384. The molecule has 17 heavy (non-hydrogen) atoms. The van der Waals surface area contributed by atoms with Gasteiger partial charge in [-0.25, -0.2) is 0 Å². The Labute approximate surface area is 95.8 Å². The molecule has 0 amide bonds. The molecule has 0 aliphatic rings. The summed E-state index contributed by atoms with van der Waals surface area (Å²) in [6.45, 7) is 0. The van der Waals surface area contributed by atoms with Crippen LogP contribution >= 0.6 is 0 Å². The number of carbonyl (C=O) groups is 1. The number of benzene rings is 1. The van der Waals surface area contributed by atoms with Crippen LogP contribution in [0, 0.1) is 5.92 Å². The fourth-order valence-electron chi connectivity index (χ4n) is 1.34. The monoisotopic (exact) mass is 248 g/mol. The van der Waals surface area contributed by atoms with Crippen molar-refractivity contribution in [1.29, 1.82) is 0 Å². The Morgan fingerprint density at radius 2 is 1.88 bits per heavy atom. The minimum absolute atomic E-state index is 0.301. The molecule has 0 radical (unpaired) electrons. The van der Waals surface area contributed by atoms with Crippen LogP contribution < -0.4 is 4.74 Å². The third kappa shape index (κ3) is 3.65. The number of hydrogen-bond donors (Lipinski definition) is 1. The first-order chi connectivity index (χ1) is 7.84. The van der Waals surface area contributed by atoms with Crippen LogP contribution in [-0.2, 0) is 11.2 Å². The summed E-state index contributed by atoms with van der Waals surface area (Å²) < 4.78 is 42.0. The first-order valence-corrected chi connectivity index (χ1v) is 4.77. The fraction of sp³-hybridized carbons (Fsp3) is 0.364. The van der Waals surface area contributed by atoms with Crippen LogP contribution in [0.25, 0.3) is 0 Å². The maximum Gasteiger partial charge on any atom is 0.402 e. The van der Waals surface area contributed by atoms with Crippen molar-refractivity contribution in [1.82, 2.24) is 0 Å². The largest absolute Gasteiger partial charge is 0.497 e. The van der Waals surface area contributed by atoms with E-state index in [4.69, 9.17) is 9.84 Å². The molecule has 1 atom stereocenters. The minimum Gasteiger partial charge on any atom is -0.497 e. The van der Waals surface area contributed by atoms with Gasteiger partial charge in [-0.1, -0.05) is 12.1 Å². The van der Waals surface area contributed by atoms with Gasteiger partial charge in [0.05, 0.1) is 7.11 Å². The summed E-state index contributed by atoms with van der Waals surface area (Å²) in [6, 6.07) is 5.82. The highest BCUT2D eigenvalue weighted by Crippen LogP contribution is 2.29. The van der Waals surface area contributed by atoms with Gasteiger partial charge in [-0.3, -0.25) is 4.79 Å². The second-order valence-corrected chi connectivity index (χ2v) is 3.48. The molecular weight excluding hydrogens is 237 g/mol. The Morgan fingerprint density at radius 1 is 1.35 bits per heavy atom. The Kier molecular flexibility index (Phi) is 3.98. The standard InChI is InChI=1S/C11H11F3O3/c1-17-8-4-2-7(3-5-8)6-9(10(15)16)11(12,13)14/h2-5,9H,6H2,1H3,(H,15,16). The zero-order valence-electron chi connectivity index (χ0n) is 8.99. The van der Waals surface area contributed by atoms with Gasteiger partial charge in [0.15, 0.2) is 5.92 Å². The number of alkyl halides is 3. The molecule has 0 aromatic heterocycles. The molecule has 3 nitrogen and oxygen atoms in total. The molecule has 0 spiro atoms. The SMILES string of the molecule is COc1ccc(CC(C(=O)O)C(F)(F)F)cc1. The Balaban J connectivity index is 2.83. The normalized spacial score (nSPS) is 13.2. The quantitative estimate of drug-likeness (QED) is 0.890. The lowest BCUT2D eigenvalue weighted by Gasteiger charge is -2.16. The van der Waals surface area contributed by atoms with Gasteiger partial charge in [-0.2, -0.15) is 13.2 Å². The third-order valence-electron chi connectivity index (χ3n) is 2.29. The van der Waals surface area contributed by atoms with Crippen molar-refractivity contribution in [3.8, 4) is 5.75 Å². The summed E-state index contributed by atoms with van der Waals surface area (Å²) >= 11 is 0. The van der Waals surface area contributed by atoms with Crippen LogP contribution in [0.4, 0.5) is 13.2 Å². The van der Waals surface area contributed by atoms with Crippen molar-refractivity contribution < 1.29 is 27.8 Å². The highest BCUT2D eigenvalue weighted by molar-refractivity contribution is 5.71. The number of methoxy groups -OCH3 is 1. The topological polar surface area (TPSA) is 46.5 Å². The number of ether oxygens (including phenoxy) is 1. The van der Waals surface area contributed by atoms with E-state index in [-0.39, 0.29) is 0 Å². The number of halogens is 3. The van der Waals surface area contributed by atoms with Gasteiger partial charge in [0.1, 0.15) is 5.75 Å². The van der Waals surface area contributed by atoms with Crippen LogP contribution in [0.2, 0.25) is 0 Å². The molecule has 1 N–H and O–H groups in total. The van der Waals surface area contributed by atoms with Gasteiger partial charge in [-0.15, -0.1) is 0 Å². The van der Waals surface area contributed by atoms with Gasteiger partial charge in [0.2, 0.25) is 0 Å². The summed E-state index contributed by atoms with van der Waals surface area (Å²) in [5.74, 6) is -3.74. The molecule has 0 saturated carbocycles. The molecule has 1 unspecified atom stereocenters. The van der Waals surface area contributed by atoms with Gasteiger partial charge in [-0.05, 0) is 24.1 Å². The van der Waals surface area contributed by atoms with Crippen LogP contribution in [0.5, 0.6) is 5.75 Å². The number of rotatable bonds is 4. The molecule has 0 aliphatic carbocycles. The predicted molar refractivity (Wildman–Crippen MR) is 53.9 cm³/mol. The predicted octanol–water partition coefficient (Wildman–Crippen LogP) is 2.50. The van der Waals surface area contributed by atoms with Crippen molar-refractivity contribution in [3.05, 3.63) is 29.8 Å². The number of carboxylic acids is 1. The summed E-state index contributed by atoms with van der Waals surface area (Å²) in [6.07, 6.45) is -5.32. The van der Waals surface area contributed by atoms with E-state index in [1.54, 1.807) is 0 Å². The third-order valence-corrected chi connectivity index (χ3v) is 2.29. The summed E-state index contributed by atoms with van der Waals surface area (Å²) in [5.41, 5.74) is 0.301. The summed E-state index contributed by atoms with van der Waals surface area (Å²) in [5, 5.41) is 8.53. The minimum atomic E-state index is -4.74. The first kappa shape index (κ1) is 13.3. The van der Waals surface area contributed by atoms with E-state index in [9.17, 15) is 18.0 Å². The fourth-order valence-corrected chi connectivity index (χ4v) is 1.34. The lowest BCUT2D eigenvalue weighted by atomic mass is 9.99. The van der Waals surface area contributed by atoms with Crippen LogP contribution in [0.3, 0.4) is 0 Å².